The van der Waals surface area contributed by atoms with Gasteiger partial charge in [0, 0.05) is 16.0 Å². The second-order valence-corrected chi connectivity index (χ2v) is 11.7. The zero-order valence-electron chi connectivity index (χ0n) is 22.3. The Morgan fingerprint density at radius 3 is 2.51 bits per heavy atom. The zero-order chi connectivity index (χ0) is 27.7. The molecule has 7 nitrogen and oxygen atoms in total. The number of thiophene rings is 1. The van der Waals surface area contributed by atoms with Gasteiger partial charge in [-0.05, 0) is 60.6 Å². The molecular formula is C30H31ClN2O5S. The first-order valence-corrected chi connectivity index (χ1v) is 14.2. The van der Waals surface area contributed by atoms with Crippen molar-refractivity contribution in [3.8, 4) is 27.6 Å². The number of hydrogen-bond donors (Lipinski definition) is 0. The van der Waals surface area contributed by atoms with E-state index in [9.17, 15) is 9.59 Å². The lowest BCUT2D eigenvalue weighted by Gasteiger charge is -2.22. The highest BCUT2D eigenvalue weighted by Crippen LogP contribution is 2.37. The predicted molar refractivity (Wildman–Crippen MR) is 154 cm³/mol. The Morgan fingerprint density at radius 1 is 1.10 bits per heavy atom. The summed E-state index contributed by atoms with van der Waals surface area (Å²) in [5, 5.41) is 0.659. The van der Waals surface area contributed by atoms with Crippen molar-refractivity contribution in [3.63, 3.8) is 0 Å². The largest absolute Gasteiger partial charge is 0.493 e. The maximum atomic E-state index is 13.4. The maximum Gasteiger partial charge on any atom is 0.309 e. The first-order chi connectivity index (χ1) is 18.7. The molecule has 1 aliphatic carbocycles. The Balaban J connectivity index is 1.36. The highest BCUT2D eigenvalue weighted by atomic mass is 35.5. The summed E-state index contributed by atoms with van der Waals surface area (Å²) < 4.78 is 19.5. The van der Waals surface area contributed by atoms with Gasteiger partial charge in [-0.3, -0.25) is 14.2 Å². The smallest absolute Gasteiger partial charge is 0.309 e. The number of halogens is 1. The van der Waals surface area contributed by atoms with Gasteiger partial charge in [0.25, 0.3) is 5.56 Å². The third-order valence-corrected chi connectivity index (χ3v) is 8.60. The van der Waals surface area contributed by atoms with E-state index in [1.165, 1.54) is 22.2 Å². The lowest BCUT2D eigenvalue weighted by atomic mass is 9.98. The molecule has 0 radical (unpaired) electrons. The van der Waals surface area contributed by atoms with Crippen LogP contribution in [-0.4, -0.2) is 35.3 Å². The third-order valence-electron chi connectivity index (χ3n) is 7.18. The molecule has 39 heavy (non-hydrogen) atoms. The topological polar surface area (TPSA) is 79.7 Å². The SMILES string of the molecule is COc1cc(-n2cnc3cc(-c4ccc(Cl)cc4)sc3c2=O)ccc1OC[C@H](OC(=O)[C@@H](C)C(C)C)C1CC1. The molecular weight excluding hydrogens is 536 g/mol. The second kappa shape index (κ2) is 11.4. The molecule has 1 saturated carbocycles. The summed E-state index contributed by atoms with van der Waals surface area (Å²) in [4.78, 5) is 31.4. The molecule has 1 fully saturated rings. The number of fused-ring (bicyclic) bond motifs is 1. The maximum absolute atomic E-state index is 13.4. The van der Waals surface area contributed by atoms with Gasteiger partial charge in [-0.2, -0.15) is 0 Å². The van der Waals surface area contributed by atoms with E-state index in [4.69, 9.17) is 25.8 Å². The molecule has 0 saturated heterocycles. The number of carbonyl (C=O) groups excluding carboxylic acids is 1. The standard InChI is InChI=1S/C30H31ClN2O5S/c1-17(2)18(3)30(35)38-26(19-5-6-19)15-37-24-12-11-22(13-25(24)36-4)33-16-32-23-14-27(39-28(23)29(33)34)20-7-9-21(31)10-8-20/h7-14,16-19,26H,5-6,15H2,1-4H3/t18-,26-/m0/s1. The van der Waals surface area contributed by atoms with Gasteiger partial charge in [-0.15, -0.1) is 11.3 Å². The number of hydrogen-bond acceptors (Lipinski definition) is 7. The molecule has 2 heterocycles. The Morgan fingerprint density at radius 2 is 1.85 bits per heavy atom. The molecule has 0 spiro atoms. The minimum absolute atomic E-state index is 0.166. The Hall–Kier alpha value is -3.36. The van der Waals surface area contributed by atoms with Gasteiger partial charge in [0.05, 0.1) is 24.2 Å². The number of rotatable bonds is 10. The van der Waals surface area contributed by atoms with E-state index in [2.05, 4.69) is 4.98 Å². The lowest BCUT2D eigenvalue weighted by Crippen LogP contribution is -2.31. The Bertz CT molecular complexity index is 1540. The summed E-state index contributed by atoms with van der Waals surface area (Å²) >= 11 is 7.42. The van der Waals surface area contributed by atoms with E-state index in [1.807, 2.05) is 51.1 Å². The van der Waals surface area contributed by atoms with Crippen LogP contribution in [0.1, 0.15) is 33.6 Å². The van der Waals surface area contributed by atoms with Crippen LogP contribution in [0.3, 0.4) is 0 Å². The van der Waals surface area contributed by atoms with E-state index in [-0.39, 0.29) is 36.1 Å². The van der Waals surface area contributed by atoms with Gasteiger partial charge in [0.1, 0.15) is 23.7 Å². The third kappa shape index (κ3) is 5.97. The molecule has 2 aromatic carbocycles. The first-order valence-electron chi connectivity index (χ1n) is 13.0. The van der Waals surface area contributed by atoms with Crippen LogP contribution in [0.2, 0.25) is 5.02 Å². The summed E-state index contributed by atoms with van der Waals surface area (Å²) in [6, 6.07) is 14.7. The van der Waals surface area contributed by atoms with Crippen molar-refractivity contribution in [1.82, 2.24) is 9.55 Å². The molecule has 1 aliphatic rings. The summed E-state index contributed by atoms with van der Waals surface area (Å²) in [5.74, 6) is 1.16. The van der Waals surface area contributed by atoms with Gasteiger partial charge in [0.15, 0.2) is 11.5 Å². The van der Waals surface area contributed by atoms with Crippen LogP contribution >= 0.6 is 22.9 Å². The van der Waals surface area contributed by atoms with Crippen molar-refractivity contribution in [2.24, 2.45) is 17.8 Å². The van der Waals surface area contributed by atoms with Gasteiger partial charge < -0.3 is 14.2 Å². The van der Waals surface area contributed by atoms with Crippen LogP contribution in [0.5, 0.6) is 11.5 Å². The first kappa shape index (κ1) is 27.2. The molecule has 0 N–H and O–H groups in total. The molecule has 2 aromatic heterocycles. The monoisotopic (exact) mass is 566 g/mol. The van der Waals surface area contributed by atoms with Gasteiger partial charge in [-0.1, -0.05) is 44.5 Å². The average Bonchev–Trinajstić information content (AvgIpc) is 3.69. The number of aromatic nitrogens is 2. The fraction of sp³-hybridized carbons (Fsp3) is 0.367. The number of esters is 1. The summed E-state index contributed by atoms with van der Waals surface area (Å²) in [5.41, 5.74) is 2.06. The zero-order valence-corrected chi connectivity index (χ0v) is 23.9. The minimum Gasteiger partial charge on any atom is -0.493 e. The van der Waals surface area contributed by atoms with Crippen LogP contribution in [0.15, 0.2) is 59.7 Å². The molecule has 9 heteroatoms. The van der Waals surface area contributed by atoms with Crippen molar-refractivity contribution in [1.29, 1.82) is 0 Å². The van der Waals surface area contributed by atoms with E-state index in [1.54, 1.807) is 25.3 Å². The normalized spacial score (nSPS) is 14.8. The number of ether oxygens (including phenoxy) is 3. The summed E-state index contributed by atoms with van der Waals surface area (Å²) in [6.45, 7) is 6.16. The molecule has 5 rings (SSSR count). The summed E-state index contributed by atoms with van der Waals surface area (Å²) in [7, 11) is 1.55. The highest BCUT2D eigenvalue weighted by Gasteiger charge is 2.36. The van der Waals surface area contributed by atoms with Crippen molar-refractivity contribution in [3.05, 3.63) is 70.2 Å². The number of benzene rings is 2. The predicted octanol–water partition coefficient (Wildman–Crippen LogP) is 6.77. The van der Waals surface area contributed by atoms with Crippen molar-refractivity contribution < 1.29 is 19.0 Å². The summed E-state index contributed by atoms with van der Waals surface area (Å²) in [6.07, 6.45) is 3.27. The van der Waals surface area contributed by atoms with E-state index in [0.29, 0.717) is 38.3 Å². The van der Waals surface area contributed by atoms with Crippen LogP contribution < -0.4 is 15.0 Å². The van der Waals surface area contributed by atoms with Crippen molar-refractivity contribution in [2.45, 2.75) is 39.7 Å². The van der Waals surface area contributed by atoms with Crippen LogP contribution in [-0.2, 0) is 9.53 Å². The van der Waals surface area contributed by atoms with Crippen LogP contribution in [0, 0.1) is 17.8 Å². The number of methoxy groups -OCH3 is 1. The van der Waals surface area contributed by atoms with Crippen LogP contribution in [0.25, 0.3) is 26.3 Å². The fourth-order valence-electron chi connectivity index (χ4n) is 4.21. The van der Waals surface area contributed by atoms with Crippen LogP contribution in [0.4, 0.5) is 0 Å². The van der Waals surface area contributed by atoms with E-state index >= 15 is 0 Å². The molecule has 0 unspecified atom stereocenters. The Kier molecular flexibility index (Phi) is 7.96. The molecule has 0 aliphatic heterocycles. The second-order valence-electron chi connectivity index (χ2n) is 10.2. The average molecular weight is 567 g/mol. The number of nitrogens with zero attached hydrogens (tertiary/aromatic N) is 2. The fourth-order valence-corrected chi connectivity index (χ4v) is 5.39. The highest BCUT2D eigenvalue weighted by molar-refractivity contribution is 7.22. The van der Waals surface area contributed by atoms with E-state index in [0.717, 1.165) is 23.3 Å². The van der Waals surface area contributed by atoms with Crippen molar-refractivity contribution in [2.75, 3.05) is 13.7 Å². The van der Waals surface area contributed by atoms with Gasteiger partial charge >= 0.3 is 5.97 Å². The van der Waals surface area contributed by atoms with E-state index < -0.39 is 0 Å². The lowest BCUT2D eigenvalue weighted by molar-refractivity contribution is -0.157. The minimum atomic E-state index is -0.300. The number of carbonyl (C=O) groups is 1. The van der Waals surface area contributed by atoms with Gasteiger partial charge in [-0.25, -0.2) is 4.98 Å². The van der Waals surface area contributed by atoms with Gasteiger partial charge in [0.2, 0.25) is 0 Å². The molecule has 0 bridgehead atoms. The molecule has 2 atom stereocenters. The molecule has 0 amide bonds. The van der Waals surface area contributed by atoms with Crippen molar-refractivity contribution >= 4 is 39.1 Å². The molecule has 204 valence electrons. The molecule has 4 aromatic rings. The Labute approximate surface area is 236 Å². The quantitative estimate of drug-likeness (QED) is 0.197.